The largest absolute Gasteiger partial charge is 0.433 e. The van der Waals surface area contributed by atoms with E-state index in [0.717, 1.165) is 17.2 Å². The standard InChI is InChI=1S/C15H15F5N4O2.ClH/c16-11(17)8-23-13(26)24(12(25)14(23)3-5-21-6-4-14)9-1-2-10(22-7-9)15(18,19)20;/h1-2,7,11,21H,3-6,8H2;1H. The third kappa shape index (κ3) is 3.70. The first-order chi connectivity index (χ1) is 12.2. The van der Waals surface area contributed by atoms with Crippen LogP contribution in [0.1, 0.15) is 18.5 Å². The predicted molar refractivity (Wildman–Crippen MR) is 86.9 cm³/mol. The average molecular weight is 415 g/mol. The summed E-state index contributed by atoms with van der Waals surface area (Å²) in [6.45, 7) is -0.204. The number of imide groups is 1. The highest BCUT2D eigenvalue weighted by Gasteiger charge is 2.58. The number of pyridine rings is 1. The van der Waals surface area contributed by atoms with Gasteiger partial charge in [-0.3, -0.25) is 4.79 Å². The van der Waals surface area contributed by atoms with E-state index in [-0.39, 0.29) is 30.9 Å². The van der Waals surface area contributed by atoms with Crippen LogP contribution in [0.25, 0.3) is 0 Å². The lowest BCUT2D eigenvalue weighted by molar-refractivity contribution is -0.141. The average Bonchev–Trinajstić information content (AvgIpc) is 2.76. The van der Waals surface area contributed by atoms with Crippen molar-refractivity contribution in [1.82, 2.24) is 15.2 Å². The summed E-state index contributed by atoms with van der Waals surface area (Å²) in [5, 5.41) is 2.99. The normalized spacial score (nSPS) is 19.8. The van der Waals surface area contributed by atoms with Gasteiger partial charge in [0.2, 0.25) is 0 Å². The second-order valence-corrected chi connectivity index (χ2v) is 6.11. The van der Waals surface area contributed by atoms with Crippen molar-refractivity contribution >= 4 is 30.0 Å². The number of aromatic nitrogens is 1. The first-order valence-electron chi connectivity index (χ1n) is 7.85. The Bertz CT molecular complexity index is 707. The molecule has 0 aliphatic carbocycles. The smallest absolute Gasteiger partial charge is 0.317 e. The van der Waals surface area contributed by atoms with Gasteiger partial charge in [-0.05, 0) is 38.1 Å². The molecule has 2 aliphatic heterocycles. The lowest BCUT2D eigenvalue weighted by atomic mass is 9.86. The van der Waals surface area contributed by atoms with Crippen LogP contribution in [0.4, 0.5) is 32.4 Å². The number of hydrogen-bond acceptors (Lipinski definition) is 4. The molecule has 3 rings (SSSR count). The molecule has 3 heterocycles. The SMILES string of the molecule is Cl.O=C1N(c2ccc(C(F)(F)F)nc2)C(=O)C2(CCNCC2)N1CC(F)F. The number of urea groups is 1. The molecule has 1 aromatic rings. The maximum atomic E-state index is 13.0. The molecule has 6 nitrogen and oxygen atoms in total. The molecule has 1 N–H and O–H groups in total. The van der Waals surface area contributed by atoms with Crippen LogP contribution in [0.2, 0.25) is 0 Å². The summed E-state index contributed by atoms with van der Waals surface area (Å²) in [5.41, 5.74) is -2.77. The summed E-state index contributed by atoms with van der Waals surface area (Å²) in [6, 6.07) is 0.603. The molecular weight excluding hydrogens is 399 g/mol. The summed E-state index contributed by atoms with van der Waals surface area (Å²) in [4.78, 5) is 30.2. The molecule has 1 spiro atoms. The first kappa shape index (κ1) is 21.3. The summed E-state index contributed by atoms with van der Waals surface area (Å²) < 4.78 is 63.8. The Labute approximate surface area is 157 Å². The van der Waals surface area contributed by atoms with Crippen LogP contribution < -0.4 is 10.2 Å². The molecule has 0 bridgehead atoms. The highest BCUT2D eigenvalue weighted by Crippen LogP contribution is 2.39. The molecule has 2 aliphatic rings. The number of nitrogens with one attached hydrogen (secondary N) is 1. The van der Waals surface area contributed by atoms with Gasteiger partial charge < -0.3 is 10.2 Å². The van der Waals surface area contributed by atoms with Crippen molar-refractivity contribution in [3.05, 3.63) is 24.0 Å². The zero-order valence-electron chi connectivity index (χ0n) is 13.8. The van der Waals surface area contributed by atoms with E-state index in [1.165, 1.54) is 0 Å². The van der Waals surface area contributed by atoms with E-state index in [0.29, 0.717) is 24.1 Å². The summed E-state index contributed by atoms with van der Waals surface area (Å²) >= 11 is 0. The molecule has 2 fully saturated rings. The number of halogens is 6. The van der Waals surface area contributed by atoms with Gasteiger partial charge in [0, 0.05) is 0 Å². The number of nitrogens with zero attached hydrogens (tertiary/aromatic N) is 3. The molecule has 1 aromatic heterocycles. The number of rotatable bonds is 3. The van der Waals surface area contributed by atoms with E-state index in [9.17, 15) is 31.5 Å². The van der Waals surface area contributed by atoms with Gasteiger partial charge in [-0.15, -0.1) is 12.4 Å². The van der Waals surface area contributed by atoms with Crippen LogP contribution in [0.5, 0.6) is 0 Å². The number of alkyl halides is 5. The Kier molecular flexibility index (Phi) is 5.95. The molecule has 150 valence electrons. The van der Waals surface area contributed by atoms with Crippen molar-refractivity contribution in [1.29, 1.82) is 0 Å². The maximum absolute atomic E-state index is 13.0. The van der Waals surface area contributed by atoms with Gasteiger partial charge in [-0.1, -0.05) is 0 Å². The van der Waals surface area contributed by atoms with Crippen LogP contribution in [0.15, 0.2) is 18.3 Å². The second kappa shape index (κ2) is 7.55. The Morgan fingerprint density at radius 3 is 2.30 bits per heavy atom. The van der Waals surface area contributed by atoms with Crippen LogP contribution in [0, 0.1) is 0 Å². The fourth-order valence-corrected chi connectivity index (χ4v) is 3.34. The molecule has 27 heavy (non-hydrogen) atoms. The Hall–Kier alpha value is -2.01. The minimum atomic E-state index is -4.67. The van der Waals surface area contributed by atoms with Crippen LogP contribution in [0.3, 0.4) is 0 Å². The second-order valence-electron chi connectivity index (χ2n) is 6.11. The molecule has 12 heteroatoms. The Morgan fingerprint density at radius 1 is 1.19 bits per heavy atom. The number of amides is 3. The molecule has 0 atom stereocenters. The molecule has 2 saturated heterocycles. The van der Waals surface area contributed by atoms with Crippen molar-refractivity contribution in [2.45, 2.75) is 31.0 Å². The van der Waals surface area contributed by atoms with Crippen LogP contribution in [-0.4, -0.2) is 53.4 Å². The molecule has 0 radical (unpaired) electrons. The quantitative estimate of drug-likeness (QED) is 0.610. The van der Waals surface area contributed by atoms with E-state index in [2.05, 4.69) is 10.3 Å². The third-order valence-corrected chi connectivity index (χ3v) is 4.59. The Balaban J connectivity index is 0.00000261. The Morgan fingerprint density at radius 2 is 1.81 bits per heavy atom. The monoisotopic (exact) mass is 414 g/mol. The van der Waals surface area contributed by atoms with Gasteiger partial charge in [0.15, 0.2) is 0 Å². The summed E-state index contributed by atoms with van der Waals surface area (Å²) in [6.07, 6.45) is -6.47. The number of carbonyl (C=O) groups is 2. The van der Waals surface area contributed by atoms with E-state index in [4.69, 9.17) is 0 Å². The van der Waals surface area contributed by atoms with Gasteiger partial charge in [0.05, 0.1) is 18.4 Å². The van der Waals surface area contributed by atoms with Crippen molar-refractivity contribution in [2.75, 3.05) is 24.5 Å². The fraction of sp³-hybridized carbons (Fsp3) is 0.533. The van der Waals surface area contributed by atoms with Crippen molar-refractivity contribution in [2.24, 2.45) is 0 Å². The number of anilines is 1. The summed E-state index contributed by atoms with van der Waals surface area (Å²) in [5.74, 6) is -0.716. The van der Waals surface area contributed by atoms with E-state index in [1.54, 1.807) is 0 Å². The van der Waals surface area contributed by atoms with Gasteiger partial charge in [-0.2, -0.15) is 13.2 Å². The lowest BCUT2D eigenvalue weighted by Crippen LogP contribution is -2.56. The van der Waals surface area contributed by atoms with Crippen LogP contribution in [-0.2, 0) is 11.0 Å². The zero-order valence-corrected chi connectivity index (χ0v) is 14.6. The van der Waals surface area contributed by atoms with Gasteiger partial charge in [-0.25, -0.2) is 23.5 Å². The minimum Gasteiger partial charge on any atom is -0.317 e. The lowest BCUT2D eigenvalue weighted by Gasteiger charge is -2.38. The van der Waals surface area contributed by atoms with Crippen molar-refractivity contribution in [3.63, 3.8) is 0 Å². The van der Waals surface area contributed by atoms with Crippen LogP contribution >= 0.6 is 12.4 Å². The minimum absolute atomic E-state index is 0. The number of hydrogen-bond donors (Lipinski definition) is 1. The molecular formula is C15H16ClF5N4O2. The highest BCUT2D eigenvalue weighted by atomic mass is 35.5. The first-order valence-corrected chi connectivity index (χ1v) is 7.85. The maximum Gasteiger partial charge on any atom is 0.433 e. The van der Waals surface area contributed by atoms with Gasteiger partial charge >= 0.3 is 12.2 Å². The highest BCUT2D eigenvalue weighted by molar-refractivity contribution is 6.23. The van der Waals surface area contributed by atoms with E-state index >= 15 is 0 Å². The molecule has 3 amide bonds. The van der Waals surface area contributed by atoms with Gasteiger partial charge in [0.1, 0.15) is 11.2 Å². The number of carbonyl (C=O) groups excluding carboxylic acids is 2. The zero-order chi connectivity index (χ0) is 19.1. The van der Waals surface area contributed by atoms with E-state index < -0.39 is 42.3 Å². The number of piperidine rings is 1. The summed E-state index contributed by atoms with van der Waals surface area (Å²) in [7, 11) is 0. The third-order valence-electron chi connectivity index (χ3n) is 4.59. The fourth-order valence-electron chi connectivity index (χ4n) is 3.34. The van der Waals surface area contributed by atoms with Gasteiger partial charge in [0.25, 0.3) is 12.3 Å². The van der Waals surface area contributed by atoms with Crippen molar-refractivity contribution < 1.29 is 31.5 Å². The molecule has 0 unspecified atom stereocenters. The predicted octanol–water partition coefficient (Wildman–Crippen LogP) is 2.68. The van der Waals surface area contributed by atoms with E-state index in [1.807, 2.05) is 0 Å². The molecule has 0 saturated carbocycles. The van der Waals surface area contributed by atoms with Crippen molar-refractivity contribution in [3.8, 4) is 0 Å². The molecule has 0 aromatic carbocycles. The topological polar surface area (TPSA) is 65.5 Å².